The minimum atomic E-state index is 0.664. The molecule has 0 aromatic rings. The first kappa shape index (κ1) is 7.61. The van der Waals surface area contributed by atoms with Crippen molar-refractivity contribution < 1.29 is 4.74 Å². The molecule has 0 heterocycles. The zero-order valence-corrected chi connectivity index (χ0v) is 6.47. The van der Waals surface area contributed by atoms with Gasteiger partial charge in [-0.15, -0.1) is 0 Å². The summed E-state index contributed by atoms with van der Waals surface area (Å²) in [7, 11) is 1.76. The minimum Gasteiger partial charge on any atom is -0.389 e. The van der Waals surface area contributed by atoms with Gasteiger partial charge in [-0.2, -0.15) is 0 Å². The third-order valence-corrected chi connectivity index (χ3v) is 1.99. The predicted octanol–water partition coefficient (Wildman–Crippen LogP) is 1.14. The van der Waals surface area contributed by atoms with E-state index in [4.69, 9.17) is 4.74 Å². The Kier molecular flexibility index (Phi) is 2.75. The van der Waals surface area contributed by atoms with E-state index in [0.29, 0.717) is 6.04 Å². The number of methoxy groups -OCH3 is 1. The Labute approximate surface area is 62.3 Å². The molecule has 58 valence electrons. The summed E-state index contributed by atoms with van der Waals surface area (Å²) in [6.07, 6.45) is 4.24. The van der Waals surface area contributed by atoms with E-state index in [2.05, 4.69) is 11.9 Å². The maximum absolute atomic E-state index is 5.02. The Bertz CT molecular complexity index is 108. The van der Waals surface area contributed by atoms with E-state index in [1.807, 2.05) is 0 Å². The van der Waals surface area contributed by atoms with E-state index < -0.39 is 0 Å². The predicted molar refractivity (Wildman–Crippen MR) is 41.7 cm³/mol. The number of ether oxygens (including phenoxy) is 1. The van der Waals surface area contributed by atoms with Crippen molar-refractivity contribution in [2.45, 2.75) is 18.9 Å². The van der Waals surface area contributed by atoms with Crippen LogP contribution in [0.4, 0.5) is 0 Å². The zero-order chi connectivity index (χ0) is 7.40. The average Bonchev–Trinajstić information content (AvgIpc) is 1.84. The highest BCUT2D eigenvalue weighted by molar-refractivity contribution is 4.87. The molecule has 1 aliphatic rings. The highest BCUT2D eigenvalue weighted by Gasteiger charge is 2.27. The second kappa shape index (κ2) is 3.62. The molecule has 0 unspecified atom stereocenters. The number of rotatable bonds is 4. The van der Waals surface area contributed by atoms with Crippen molar-refractivity contribution in [2.24, 2.45) is 5.92 Å². The maximum atomic E-state index is 5.02. The van der Waals surface area contributed by atoms with Gasteiger partial charge in [0.1, 0.15) is 0 Å². The number of hydrogen-bond donors (Lipinski definition) is 1. The van der Waals surface area contributed by atoms with Gasteiger partial charge in [-0.1, -0.05) is 6.58 Å². The number of hydrogen-bond acceptors (Lipinski definition) is 2. The van der Waals surface area contributed by atoms with Gasteiger partial charge in [-0.05, 0) is 25.0 Å². The van der Waals surface area contributed by atoms with Gasteiger partial charge in [0.25, 0.3) is 0 Å². The largest absolute Gasteiger partial charge is 0.389 e. The van der Waals surface area contributed by atoms with Crippen molar-refractivity contribution in [2.75, 3.05) is 13.7 Å². The fraction of sp³-hybridized carbons (Fsp3) is 0.750. The van der Waals surface area contributed by atoms with Gasteiger partial charge in [0.05, 0.1) is 0 Å². The standard InChI is InChI=1S/C8H15NO/c1-3-9-8-4-7(5-8)6-10-2/h3,7-9H,1,4-6H2,2H3. The fourth-order valence-corrected chi connectivity index (χ4v) is 1.41. The van der Waals surface area contributed by atoms with Crippen LogP contribution in [0.15, 0.2) is 12.8 Å². The lowest BCUT2D eigenvalue weighted by Crippen LogP contribution is -2.40. The Hall–Kier alpha value is -0.500. The molecule has 1 fully saturated rings. The normalized spacial score (nSPS) is 30.9. The third-order valence-electron chi connectivity index (χ3n) is 1.99. The molecule has 0 spiro atoms. The van der Waals surface area contributed by atoms with E-state index in [1.165, 1.54) is 12.8 Å². The fourth-order valence-electron chi connectivity index (χ4n) is 1.41. The Balaban J connectivity index is 2.00. The van der Waals surface area contributed by atoms with Gasteiger partial charge in [0.15, 0.2) is 0 Å². The summed E-state index contributed by atoms with van der Waals surface area (Å²) in [6, 6.07) is 0.664. The van der Waals surface area contributed by atoms with E-state index in [1.54, 1.807) is 13.3 Å². The highest BCUT2D eigenvalue weighted by atomic mass is 16.5. The summed E-state index contributed by atoms with van der Waals surface area (Å²) in [5.41, 5.74) is 0. The molecule has 0 aromatic carbocycles. The molecule has 2 heteroatoms. The summed E-state index contributed by atoms with van der Waals surface area (Å²) in [6.45, 7) is 4.52. The van der Waals surface area contributed by atoms with Crippen molar-refractivity contribution >= 4 is 0 Å². The van der Waals surface area contributed by atoms with Crippen molar-refractivity contribution in [3.05, 3.63) is 12.8 Å². The van der Waals surface area contributed by atoms with E-state index in [-0.39, 0.29) is 0 Å². The van der Waals surface area contributed by atoms with E-state index in [0.717, 1.165) is 12.5 Å². The first-order valence-corrected chi connectivity index (χ1v) is 3.72. The van der Waals surface area contributed by atoms with Gasteiger partial charge in [0.2, 0.25) is 0 Å². The first-order valence-electron chi connectivity index (χ1n) is 3.72. The lowest BCUT2D eigenvalue weighted by Gasteiger charge is -2.34. The van der Waals surface area contributed by atoms with Crippen LogP contribution in [0.2, 0.25) is 0 Å². The topological polar surface area (TPSA) is 21.3 Å². The van der Waals surface area contributed by atoms with Crippen LogP contribution >= 0.6 is 0 Å². The minimum absolute atomic E-state index is 0.664. The lowest BCUT2D eigenvalue weighted by molar-refractivity contribution is 0.0927. The van der Waals surface area contributed by atoms with Crippen molar-refractivity contribution in [3.63, 3.8) is 0 Å². The zero-order valence-electron chi connectivity index (χ0n) is 6.47. The SMILES string of the molecule is C=CNC1CC(COC)C1. The molecule has 0 saturated heterocycles. The molecule has 0 bridgehead atoms. The molecule has 1 aliphatic carbocycles. The smallest absolute Gasteiger partial charge is 0.0492 e. The van der Waals surface area contributed by atoms with E-state index >= 15 is 0 Å². The van der Waals surface area contributed by atoms with Crippen molar-refractivity contribution in [1.82, 2.24) is 5.32 Å². The second-order valence-corrected chi connectivity index (χ2v) is 2.86. The quantitative estimate of drug-likeness (QED) is 0.634. The molecule has 10 heavy (non-hydrogen) atoms. The van der Waals surface area contributed by atoms with Gasteiger partial charge in [-0.3, -0.25) is 0 Å². The molecule has 2 nitrogen and oxygen atoms in total. The van der Waals surface area contributed by atoms with E-state index in [9.17, 15) is 0 Å². The van der Waals surface area contributed by atoms with Crippen LogP contribution in [-0.2, 0) is 4.74 Å². The van der Waals surface area contributed by atoms with Gasteiger partial charge >= 0.3 is 0 Å². The summed E-state index contributed by atoms with van der Waals surface area (Å²) in [5.74, 6) is 0.780. The second-order valence-electron chi connectivity index (χ2n) is 2.86. The highest BCUT2D eigenvalue weighted by Crippen LogP contribution is 2.27. The Morgan fingerprint density at radius 2 is 2.40 bits per heavy atom. The molecular formula is C8H15NO. The summed E-state index contributed by atoms with van der Waals surface area (Å²) in [4.78, 5) is 0. The lowest BCUT2D eigenvalue weighted by atomic mass is 9.81. The van der Waals surface area contributed by atoms with Crippen LogP contribution in [-0.4, -0.2) is 19.8 Å². The van der Waals surface area contributed by atoms with Crippen LogP contribution in [0.5, 0.6) is 0 Å². The maximum Gasteiger partial charge on any atom is 0.0492 e. The number of nitrogens with one attached hydrogen (secondary N) is 1. The van der Waals surface area contributed by atoms with Crippen LogP contribution in [0.25, 0.3) is 0 Å². The van der Waals surface area contributed by atoms with Gasteiger partial charge < -0.3 is 10.1 Å². The molecule has 1 rings (SSSR count). The molecular weight excluding hydrogens is 126 g/mol. The summed E-state index contributed by atoms with van der Waals surface area (Å²) >= 11 is 0. The first-order chi connectivity index (χ1) is 4.86. The molecule has 0 aliphatic heterocycles. The van der Waals surface area contributed by atoms with Crippen LogP contribution in [0.3, 0.4) is 0 Å². The Morgan fingerprint density at radius 3 is 2.90 bits per heavy atom. The van der Waals surface area contributed by atoms with Crippen LogP contribution in [0.1, 0.15) is 12.8 Å². The molecule has 1 N–H and O–H groups in total. The monoisotopic (exact) mass is 141 g/mol. The van der Waals surface area contributed by atoms with Crippen molar-refractivity contribution in [1.29, 1.82) is 0 Å². The molecule has 0 amide bonds. The molecule has 0 radical (unpaired) electrons. The van der Waals surface area contributed by atoms with Crippen molar-refractivity contribution in [3.8, 4) is 0 Å². The van der Waals surface area contributed by atoms with Crippen LogP contribution < -0.4 is 5.32 Å². The molecule has 0 atom stereocenters. The van der Waals surface area contributed by atoms with Gasteiger partial charge in [-0.25, -0.2) is 0 Å². The summed E-state index contributed by atoms with van der Waals surface area (Å²) in [5, 5.41) is 3.18. The summed E-state index contributed by atoms with van der Waals surface area (Å²) < 4.78 is 5.02. The van der Waals surface area contributed by atoms with Gasteiger partial charge in [0, 0.05) is 19.8 Å². The average molecular weight is 141 g/mol. The Morgan fingerprint density at radius 1 is 1.70 bits per heavy atom. The molecule has 0 aromatic heterocycles. The third kappa shape index (κ3) is 1.74. The van der Waals surface area contributed by atoms with Crippen LogP contribution in [0, 0.1) is 5.92 Å². The molecule has 1 saturated carbocycles.